The SMILES string of the molecule is COc1ccc(S(=O)(=O)CCC(=O)Nc2ccc(-c3nc4ccc(C)cc4s3)cc2)cc1. The second kappa shape index (κ2) is 9.10. The van der Waals surface area contributed by atoms with Gasteiger partial charge in [-0.2, -0.15) is 0 Å². The van der Waals surface area contributed by atoms with E-state index >= 15 is 0 Å². The Bertz CT molecular complexity index is 1360. The maximum absolute atomic E-state index is 12.5. The molecule has 164 valence electrons. The minimum atomic E-state index is -3.55. The minimum absolute atomic E-state index is 0.132. The topological polar surface area (TPSA) is 85.4 Å². The first kappa shape index (κ1) is 22.0. The smallest absolute Gasteiger partial charge is 0.225 e. The summed E-state index contributed by atoms with van der Waals surface area (Å²) in [5.74, 6) is -0.0506. The Morgan fingerprint density at radius 2 is 1.75 bits per heavy atom. The average Bonchev–Trinajstić information content (AvgIpc) is 3.21. The molecule has 0 spiro atoms. The molecule has 0 bridgehead atoms. The lowest BCUT2D eigenvalue weighted by molar-refractivity contribution is -0.115. The van der Waals surface area contributed by atoms with Crippen LogP contribution in [-0.2, 0) is 14.6 Å². The first-order valence-corrected chi connectivity index (χ1v) is 12.5. The van der Waals surface area contributed by atoms with Gasteiger partial charge in [0.15, 0.2) is 9.84 Å². The van der Waals surface area contributed by atoms with Gasteiger partial charge >= 0.3 is 0 Å². The number of thiazole rings is 1. The number of aromatic nitrogens is 1. The van der Waals surface area contributed by atoms with E-state index in [0.717, 1.165) is 20.8 Å². The molecule has 1 aromatic heterocycles. The number of hydrogen-bond donors (Lipinski definition) is 1. The Labute approximate surface area is 190 Å². The fourth-order valence-corrected chi connectivity index (χ4v) is 5.51. The third kappa shape index (κ3) is 4.98. The summed E-state index contributed by atoms with van der Waals surface area (Å²) >= 11 is 1.62. The second-order valence-corrected chi connectivity index (χ2v) is 10.5. The number of rotatable bonds is 7. The van der Waals surface area contributed by atoms with Crippen LogP contribution in [-0.4, -0.2) is 32.2 Å². The molecule has 3 aromatic carbocycles. The summed E-state index contributed by atoms with van der Waals surface area (Å²) in [4.78, 5) is 17.1. The number of benzene rings is 3. The van der Waals surface area contributed by atoms with E-state index in [-0.39, 0.29) is 23.0 Å². The van der Waals surface area contributed by atoms with Crippen molar-refractivity contribution in [2.75, 3.05) is 18.2 Å². The number of amides is 1. The van der Waals surface area contributed by atoms with Gasteiger partial charge in [0.2, 0.25) is 5.91 Å². The summed E-state index contributed by atoms with van der Waals surface area (Å²) in [6, 6.07) is 19.7. The van der Waals surface area contributed by atoms with Crippen LogP contribution in [0.5, 0.6) is 5.75 Å². The Morgan fingerprint density at radius 1 is 1.03 bits per heavy atom. The van der Waals surface area contributed by atoms with Gasteiger partial charge in [-0.05, 0) is 73.2 Å². The molecule has 0 aliphatic heterocycles. The molecule has 1 N–H and O–H groups in total. The van der Waals surface area contributed by atoms with Gasteiger partial charge in [0.05, 0.1) is 28.0 Å². The number of nitrogens with one attached hydrogen (secondary N) is 1. The van der Waals surface area contributed by atoms with Crippen LogP contribution in [0.3, 0.4) is 0 Å². The molecule has 32 heavy (non-hydrogen) atoms. The number of ether oxygens (including phenoxy) is 1. The lowest BCUT2D eigenvalue weighted by Gasteiger charge is -2.07. The van der Waals surface area contributed by atoms with E-state index in [1.54, 1.807) is 35.6 Å². The third-order valence-electron chi connectivity index (χ3n) is 4.98. The van der Waals surface area contributed by atoms with Gasteiger partial charge in [-0.25, -0.2) is 13.4 Å². The molecule has 1 heterocycles. The molecule has 0 fully saturated rings. The van der Waals surface area contributed by atoms with Crippen molar-refractivity contribution in [3.8, 4) is 16.3 Å². The summed E-state index contributed by atoms with van der Waals surface area (Å²) in [5, 5.41) is 3.67. The monoisotopic (exact) mass is 466 g/mol. The molecular formula is C24H22N2O4S2. The van der Waals surface area contributed by atoms with Gasteiger partial charge in [0.1, 0.15) is 10.8 Å². The third-order valence-corrected chi connectivity index (χ3v) is 7.78. The van der Waals surface area contributed by atoms with Crippen LogP contribution in [0.2, 0.25) is 0 Å². The van der Waals surface area contributed by atoms with Crippen molar-refractivity contribution in [3.05, 3.63) is 72.3 Å². The predicted molar refractivity (Wildman–Crippen MR) is 128 cm³/mol. The highest BCUT2D eigenvalue weighted by Crippen LogP contribution is 2.31. The van der Waals surface area contributed by atoms with Gasteiger partial charge in [0, 0.05) is 17.7 Å². The lowest BCUT2D eigenvalue weighted by atomic mass is 10.2. The van der Waals surface area contributed by atoms with Crippen LogP contribution < -0.4 is 10.1 Å². The van der Waals surface area contributed by atoms with E-state index in [4.69, 9.17) is 4.74 Å². The highest BCUT2D eigenvalue weighted by Gasteiger charge is 2.17. The van der Waals surface area contributed by atoms with Gasteiger partial charge < -0.3 is 10.1 Å². The van der Waals surface area contributed by atoms with Crippen LogP contribution >= 0.6 is 11.3 Å². The number of carbonyl (C=O) groups excluding carboxylic acids is 1. The van der Waals surface area contributed by atoms with Crippen LogP contribution in [0.15, 0.2) is 71.6 Å². The first-order chi connectivity index (χ1) is 15.3. The fraction of sp³-hybridized carbons (Fsp3) is 0.167. The molecule has 4 rings (SSSR count). The van der Waals surface area contributed by atoms with Crippen molar-refractivity contribution in [2.45, 2.75) is 18.2 Å². The molecule has 0 atom stereocenters. The molecule has 0 aliphatic rings. The Balaban J connectivity index is 1.37. The molecule has 4 aromatic rings. The standard InChI is InChI=1S/C24H22N2O4S2/c1-16-3-12-21-22(15-16)31-24(26-21)17-4-6-18(7-5-17)25-23(27)13-14-32(28,29)20-10-8-19(30-2)9-11-20/h3-12,15H,13-14H2,1-2H3,(H,25,27). The van der Waals surface area contributed by atoms with Crippen molar-refractivity contribution < 1.29 is 17.9 Å². The van der Waals surface area contributed by atoms with E-state index in [0.29, 0.717) is 11.4 Å². The van der Waals surface area contributed by atoms with E-state index in [9.17, 15) is 13.2 Å². The molecule has 8 heteroatoms. The molecule has 0 unspecified atom stereocenters. The molecule has 0 saturated carbocycles. The quantitative estimate of drug-likeness (QED) is 0.410. The number of nitrogens with zero attached hydrogens (tertiary/aromatic N) is 1. The normalized spacial score (nSPS) is 11.4. The number of methoxy groups -OCH3 is 1. The van der Waals surface area contributed by atoms with Gasteiger partial charge in [0.25, 0.3) is 0 Å². The Hall–Kier alpha value is -3.23. The van der Waals surface area contributed by atoms with Crippen molar-refractivity contribution in [1.29, 1.82) is 0 Å². The number of sulfone groups is 1. The molecule has 0 saturated heterocycles. The summed E-state index contributed by atoms with van der Waals surface area (Å²) in [6.07, 6.45) is -0.132. The van der Waals surface area contributed by atoms with Crippen LogP contribution in [0.4, 0.5) is 5.69 Å². The van der Waals surface area contributed by atoms with Gasteiger partial charge in [-0.1, -0.05) is 6.07 Å². The van der Waals surface area contributed by atoms with E-state index in [1.165, 1.54) is 24.8 Å². The summed E-state index contributed by atoms with van der Waals surface area (Å²) < 4.78 is 31.1. The Kier molecular flexibility index (Phi) is 6.25. The maximum Gasteiger partial charge on any atom is 0.225 e. The molecule has 1 amide bonds. The van der Waals surface area contributed by atoms with Crippen molar-refractivity contribution >= 4 is 43.0 Å². The molecular weight excluding hydrogens is 444 g/mol. The van der Waals surface area contributed by atoms with Gasteiger partial charge in [-0.3, -0.25) is 4.79 Å². The van der Waals surface area contributed by atoms with Crippen LogP contribution in [0, 0.1) is 6.92 Å². The number of carbonyl (C=O) groups is 1. The molecule has 0 aliphatic carbocycles. The molecule has 0 radical (unpaired) electrons. The minimum Gasteiger partial charge on any atom is -0.497 e. The lowest BCUT2D eigenvalue weighted by Crippen LogP contribution is -2.17. The summed E-state index contributed by atoms with van der Waals surface area (Å²) in [6.45, 7) is 2.05. The number of anilines is 1. The first-order valence-electron chi connectivity index (χ1n) is 9.98. The zero-order valence-corrected chi connectivity index (χ0v) is 19.3. The molecule has 6 nitrogen and oxygen atoms in total. The largest absolute Gasteiger partial charge is 0.497 e. The highest BCUT2D eigenvalue weighted by atomic mass is 32.2. The predicted octanol–water partition coefficient (Wildman–Crippen LogP) is 5.08. The highest BCUT2D eigenvalue weighted by molar-refractivity contribution is 7.91. The average molecular weight is 467 g/mol. The van der Waals surface area contributed by atoms with Crippen LogP contribution in [0.1, 0.15) is 12.0 Å². The summed E-state index contributed by atoms with van der Waals surface area (Å²) in [5.41, 5.74) is 3.73. The Morgan fingerprint density at radius 3 is 2.44 bits per heavy atom. The number of hydrogen-bond acceptors (Lipinski definition) is 6. The van der Waals surface area contributed by atoms with Gasteiger partial charge in [-0.15, -0.1) is 11.3 Å². The van der Waals surface area contributed by atoms with E-state index < -0.39 is 9.84 Å². The summed E-state index contributed by atoms with van der Waals surface area (Å²) in [7, 11) is -2.04. The zero-order chi connectivity index (χ0) is 22.7. The van der Waals surface area contributed by atoms with Crippen LogP contribution in [0.25, 0.3) is 20.8 Å². The van der Waals surface area contributed by atoms with Crippen molar-refractivity contribution in [2.24, 2.45) is 0 Å². The van der Waals surface area contributed by atoms with E-state index in [2.05, 4.69) is 23.3 Å². The van der Waals surface area contributed by atoms with Crippen molar-refractivity contribution in [1.82, 2.24) is 4.98 Å². The zero-order valence-electron chi connectivity index (χ0n) is 17.7. The fourth-order valence-electron chi connectivity index (χ4n) is 3.20. The maximum atomic E-state index is 12.5. The number of aryl methyl sites for hydroxylation is 1. The second-order valence-electron chi connectivity index (χ2n) is 7.36. The number of fused-ring (bicyclic) bond motifs is 1. The van der Waals surface area contributed by atoms with E-state index in [1.807, 2.05) is 24.3 Å². The van der Waals surface area contributed by atoms with Crippen molar-refractivity contribution in [3.63, 3.8) is 0 Å².